The molecule has 0 spiro atoms. The van der Waals surface area contributed by atoms with Crippen LogP contribution in [0.2, 0.25) is 5.02 Å². The summed E-state index contributed by atoms with van der Waals surface area (Å²) in [5.74, 6) is -0.684. The predicted octanol–water partition coefficient (Wildman–Crippen LogP) is 2.79. The SMILES string of the molecule is O=C(CCC(=O)NN=Cc1ccc(Cl)c([N+](=O)[O-])c1)NCc1ccccc1. The molecule has 0 fully saturated rings. The van der Waals surface area contributed by atoms with E-state index in [1.807, 2.05) is 30.3 Å². The fraction of sp³-hybridized carbons (Fsp3) is 0.167. The van der Waals surface area contributed by atoms with Crippen LogP contribution in [0.4, 0.5) is 5.69 Å². The van der Waals surface area contributed by atoms with Gasteiger partial charge in [-0.05, 0) is 11.6 Å². The Morgan fingerprint density at radius 3 is 2.52 bits per heavy atom. The number of nitrogens with one attached hydrogen (secondary N) is 2. The molecule has 0 saturated carbocycles. The van der Waals surface area contributed by atoms with Gasteiger partial charge in [-0.3, -0.25) is 19.7 Å². The second-order valence-electron chi connectivity index (χ2n) is 5.52. The number of nitro benzene ring substituents is 1. The molecule has 0 saturated heterocycles. The van der Waals surface area contributed by atoms with E-state index in [1.54, 1.807) is 0 Å². The molecule has 0 aliphatic heterocycles. The summed E-state index contributed by atoms with van der Waals surface area (Å²) in [6.45, 7) is 0.398. The molecule has 0 radical (unpaired) electrons. The van der Waals surface area contributed by atoms with Crippen molar-refractivity contribution in [1.29, 1.82) is 0 Å². The van der Waals surface area contributed by atoms with Gasteiger partial charge in [0.2, 0.25) is 11.8 Å². The molecular formula is C18H17ClN4O4. The van der Waals surface area contributed by atoms with E-state index in [-0.39, 0.29) is 29.5 Å². The molecule has 9 heteroatoms. The third kappa shape index (κ3) is 6.87. The lowest BCUT2D eigenvalue weighted by Gasteiger charge is -2.04. The monoisotopic (exact) mass is 388 g/mol. The summed E-state index contributed by atoms with van der Waals surface area (Å²) in [4.78, 5) is 33.7. The summed E-state index contributed by atoms with van der Waals surface area (Å²) in [5, 5.41) is 17.3. The fourth-order valence-corrected chi connectivity index (χ4v) is 2.28. The zero-order chi connectivity index (χ0) is 19.6. The van der Waals surface area contributed by atoms with Crippen LogP contribution in [0.3, 0.4) is 0 Å². The van der Waals surface area contributed by atoms with Crippen molar-refractivity contribution in [3.8, 4) is 0 Å². The van der Waals surface area contributed by atoms with Gasteiger partial charge in [-0.2, -0.15) is 5.10 Å². The van der Waals surface area contributed by atoms with E-state index in [4.69, 9.17) is 11.6 Å². The maximum absolute atomic E-state index is 11.7. The molecule has 2 amide bonds. The van der Waals surface area contributed by atoms with Crippen molar-refractivity contribution in [3.05, 3.63) is 74.8 Å². The van der Waals surface area contributed by atoms with E-state index >= 15 is 0 Å². The van der Waals surface area contributed by atoms with Crippen LogP contribution in [0.1, 0.15) is 24.0 Å². The summed E-state index contributed by atoms with van der Waals surface area (Å²) in [7, 11) is 0. The second kappa shape index (κ2) is 10.0. The Labute approximate surface area is 160 Å². The lowest BCUT2D eigenvalue weighted by molar-refractivity contribution is -0.384. The third-order valence-electron chi connectivity index (χ3n) is 3.48. The molecule has 140 valence electrons. The number of nitro groups is 1. The Kier molecular flexibility index (Phi) is 7.45. The number of hydrogen-bond donors (Lipinski definition) is 2. The van der Waals surface area contributed by atoms with Gasteiger partial charge in [0.1, 0.15) is 5.02 Å². The van der Waals surface area contributed by atoms with Crippen LogP contribution in [0, 0.1) is 10.1 Å². The summed E-state index contributed by atoms with van der Waals surface area (Å²) < 4.78 is 0. The molecule has 0 heterocycles. The average Bonchev–Trinajstić information content (AvgIpc) is 2.66. The van der Waals surface area contributed by atoms with Gasteiger partial charge in [-0.1, -0.05) is 48.0 Å². The van der Waals surface area contributed by atoms with Crippen LogP contribution < -0.4 is 10.7 Å². The highest BCUT2D eigenvalue weighted by atomic mass is 35.5. The van der Waals surface area contributed by atoms with Gasteiger partial charge < -0.3 is 5.32 Å². The first-order valence-electron chi connectivity index (χ1n) is 8.02. The van der Waals surface area contributed by atoms with Gasteiger partial charge in [-0.25, -0.2) is 5.43 Å². The number of amides is 2. The predicted molar refractivity (Wildman–Crippen MR) is 101 cm³/mol. The summed E-state index contributed by atoms with van der Waals surface area (Å²) in [6.07, 6.45) is 1.26. The largest absolute Gasteiger partial charge is 0.352 e. The Hall–Kier alpha value is -3.26. The van der Waals surface area contributed by atoms with Gasteiger partial charge in [0.15, 0.2) is 0 Å². The number of carbonyl (C=O) groups excluding carboxylic acids is 2. The maximum atomic E-state index is 11.7. The molecule has 2 rings (SSSR count). The van der Waals surface area contributed by atoms with Gasteiger partial charge in [0, 0.05) is 31.0 Å². The smallest absolute Gasteiger partial charge is 0.288 e. The molecule has 0 aliphatic carbocycles. The minimum atomic E-state index is -0.605. The first-order chi connectivity index (χ1) is 13.0. The lowest BCUT2D eigenvalue weighted by Crippen LogP contribution is -2.25. The number of rotatable bonds is 8. The number of nitrogens with zero attached hydrogens (tertiary/aromatic N) is 2. The minimum Gasteiger partial charge on any atom is -0.352 e. The number of benzene rings is 2. The van der Waals surface area contributed by atoms with Crippen LogP contribution >= 0.6 is 11.6 Å². The van der Waals surface area contributed by atoms with E-state index in [9.17, 15) is 19.7 Å². The zero-order valence-corrected chi connectivity index (χ0v) is 15.0. The molecule has 0 atom stereocenters. The molecule has 27 heavy (non-hydrogen) atoms. The Bertz CT molecular complexity index is 856. The van der Waals surface area contributed by atoms with E-state index in [0.29, 0.717) is 12.1 Å². The quantitative estimate of drug-likeness (QED) is 0.411. The van der Waals surface area contributed by atoms with Crippen molar-refractivity contribution >= 4 is 35.3 Å². The third-order valence-corrected chi connectivity index (χ3v) is 3.80. The molecule has 0 unspecified atom stereocenters. The standard InChI is InChI=1S/C18H17ClN4O4/c19-15-7-6-14(10-16(15)23(26)27)12-21-22-18(25)9-8-17(24)20-11-13-4-2-1-3-5-13/h1-7,10,12H,8-9,11H2,(H,20,24)(H,22,25). The van der Waals surface area contributed by atoms with Crippen LogP contribution in [0.25, 0.3) is 0 Å². The zero-order valence-electron chi connectivity index (χ0n) is 14.2. The minimum absolute atomic E-state index is 0.0164. The highest BCUT2D eigenvalue weighted by Crippen LogP contribution is 2.24. The van der Waals surface area contributed by atoms with Crippen LogP contribution in [0.15, 0.2) is 53.6 Å². The molecule has 8 nitrogen and oxygen atoms in total. The van der Waals surface area contributed by atoms with E-state index in [0.717, 1.165) is 5.56 Å². The van der Waals surface area contributed by atoms with E-state index < -0.39 is 10.8 Å². The molecule has 0 aromatic heterocycles. The maximum Gasteiger partial charge on any atom is 0.288 e. The fourth-order valence-electron chi connectivity index (χ4n) is 2.10. The lowest BCUT2D eigenvalue weighted by atomic mass is 10.2. The van der Waals surface area contributed by atoms with E-state index in [1.165, 1.54) is 24.4 Å². The van der Waals surface area contributed by atoms with Gasteiger partial charge >= 0.3 is 0 Å². The van der Waals surface area contributed by atoms with Crippen LogP contribution in [-0.4, -0.2) is 23.0 Å². The molecule has 2 N–H and O–H groups in total. The molecule has 0 bridgehead atoms. The van der Waals surface area contributed by atoms with Crippen molar-refractivity contribution in [3.63, 3.8) is 0 Å². The Morgan fingerprint density at radius 1 is 1.11 bits per heavy atom. The van der Waals surface area contributed by atoms with Crippen molar-refractivity contribution in [2.75, 3.05) is 0 Å². The summed E-state index contributed by atoms with van der Waals surface area (Å²) in [5.41, 5.74) is 3.40. The Morgan fingerprint density at radius 2 is 1.81 bits per heavy atom. The average molecular weight is 389 g/mol. The topological polar surface area (TPSA) is 114 Å². The highest BCUT2D eigenvalue weighted by Gasteiger charge is 2.12. The van der Waals surface area contributed by atoms with Gasteiger partial charge in [0.25, 0.3) is 5.69 Å². The molecule has 2 aromatic rings. The second-order valence-corrected chi connectivity index (χ2v) is 5.93. The molecule has 2 aromatic carbocycles. The number of carbonyl (C=O) groups is 2. The number of hydrogen-bond acceptors (Lipinski definition) is 5. The highest BCUT2D eigenvalue weighted by molar-refractivity contribution is 6.32. The van der Waals surface area contributed by atoms with Gasteiger partial charge in [-0.15, -0.1) is 0 Å². The van der Waals surface area contributed by atoms with Crippen LogP contribution in [0.5, 0.6) is 0 Å². The van der Waals surface area contributed by atoms with Crippen LogP contribution in [-0.2, 0) is 16.1 Å². The summed E-state index contributed by atoms with van der Waals surface area (Å²) >= 11 is 5.72. The first kappa shape index (κ1) is 20.1. The van der Waals surface area contributed by atoms with Crippen molar-refractivity contribution in [1.82, 2.24) is 10.7 Å². The normalized spacial score (nSPS) is 10.6. The first-order valence-corrected chi connectivity index (χ1v) is 8.40. The molecule has 0 aliphatic rings. The van der Waals surface area contributed by atoms with Crippen molar-refractivity contribution in [2.45, 2.75) is 19.4 Å². The molecular weight excluding hydrogens is 372 g/mol. The number of hydrazone groups is 1. The van der Waals surface area contributed by atoms with E-state index in [2.05, 4.69) is 15.8 Å². The Balaban J connectivity index is 1.74. The number of halogens is 1. The van der Waals surface area contributed by atoms with Crippen molar-refractivity contribution < 1.29 is 14.5 Å². The summed E-state index contributed by atoms with van der Waals surface area (Å²) in [6, 6.07) is 13.6. The van der Waals surface area contributed by atoms with Crippen molar-refractivity contribution in [2.24, 2.45) is 5.10 Å². The van der Waals surface area contributed by atoms with Gasteiger partial charge in [0.05, 0.1) is 11.1 Å².